The third-order valence-corrected chi connectivity index (χ3v) is 8.07. The number of amides is 1. The Kier molecular flexibility index (Phi) is 7.05. The number of hydrogen-bond acceptors (Lipinski definition) is 10. The number of morpholine rings is 1. The van der Waals surface area contributed by atoms with Crippen LogP contribution < -0.4 is 15.5 Å². The number of nitrogens with one attached hydrogen (secondary N) is 2. The van der Waals surface area contributed by atoms with Crippen LogP contribution in [-0.2, 0) is 4.74 Å². The molecule has 0 aliphatic carbocycles. The van der Waals surface area contributed by atoms with E-state index in [4.69, 9.17) is 19.2 Å². The van der Waals surface area contributed by atoms with Gasteiger partial charge in [-0.15, -0.1) is 11.3 Å². The molecule has 1 fully saturated rings. The minimum absolute atomic E-state index is 0.274. The highest BCUT2D eigenvalue weighted by Crippen LogP contribution is 2.35. The quantitative estimate of drug-likeness (QED) is 0.231. The molecule has 43 heavy (non-hydrogen) atoms. The first kappa shape index (κ1) is 26.8. The highest BCUT2D eigenvalue weighted by Gasteiger charge is 2.21. The van der Waals surface area contributed by atoms with Gasteiger partial charge in [-0.3, -0.25) is 9.20 Å². The van der Waals surface area contributed by atoms with Crippen molar-refractivity contribution in [1.29, 1.82) is 0 Å². The van der Waals surface area contributed by atoms with Crippen molar-refractivity contribution in [2.45, 2.75) is 13.8 Å². The highest BCUT2D eigenvalue weighted by atomic mass is 32.1. The van der Waals surface area contributed by atoms with E-state index in [2.05, 4.69) is 37.8 Å². The predicted octanol–water partition coefficient (Wildman–Crippen LogP) is 5.96. The second-order valence-corrected chi connectivity index (χ2v) is 11.0. The van der Waals surface area contributed by atoms with Crippen LogP contribution in [0.1, 0.15) is 21.8 Å². The molecule has 6 aromatic rings. The highest BCUT2D eigenvalue weighted by molar-refractivity contribution is 7.15. The molecule has 1 aliphatic rings. The third kappa shape index (κ3) is 5.33. The van der Waals surface area contributed by atoms with Crippen LogP contribution in [0, 0.1) is 13.8 Å². The first-order valence-corrected chi connectivity index (χ1v) is 14.7. The van der Waals surface area contributed by atoms with Gasteiger partial charge in [0.2, 0.25) is 5.95 Å². The number of thiazole rings is 1. The van der Waals surface area contributed by atoms with Crippen molar-refractivity contribution in [3.63, 3.8) is 0 Å². The van der Waals surface area contributed by atoms with E-state index in [1.165, 1.54) is 0 Å². The summed E-state index contributed by atoms with van der Waals surface area (Å²) < 4.78 is 12.7. The van der Waals surface area contributed by atoms with Crippen LogP contribution in [0.25, 0.3) is 27.6 Å². The van der Waals surface area contributed by atoms with Crippen molar-refractivity contribution in [2.75, 3.05) is 41.8 Å². The van der Waals surface area contributed by atoms with E-state index in [-0.39, 0.29) is 5.91 Å². The van der Waals surface area contributed by atoms with Crippen molar-refractivity contribution in [3.05, 3.63) is 89.4 Å². The van der Waals surface area contributed by atoms with E-state index in [1.54, 1.807) is 31.4 Å². The molecule has 2 N–H and O–H groups in total. The summed E-state index contributed by atoms with van der Waals surface area (Å²) in [6, 6.07) is 17.7. The molecule has 0 spiro atoms. The van der Waals surface area contributed by atoms with E-state index in [9.17, 15) is 4.79 Å². The van der Waals surface area contributed by atoms with Gasteiger partial charge >= 0.3 is 0 Å². The number of nitrogens with zero attached hydrogens (tertiary/aromatic N) is 6. The lowest BCUT2D eigenvalue weighted by Gasteiger charge is -2.28. The lowest BCUT2D eigenvalue weighted by molar-refractivity contribution is 0.102. The maximum atomic E-state index is 13.0. The van der Waals surface area contributed by atoms with Crippen LogP contribution >= 0.6 is 11.3 Å². The van der Waals surface area contributed by atoms with Crippen LogP contribution in [-0.4, -0.2) is 56.7 Å². The van der Waals surface area contributed by atoms with Crippen LogP contribution in [0.4, 0.5) is 23.0 Å². The Morgan fingerprint density at radius 3 is 2.63 bits per heavy atom. The number of ether oxygens (including phenoxy) is 1. The third-order valence-electron chi connectivity index (χ3n) is 7.31. The smallest absolute Gasteiger partial charge is 0.261 e. The summed E-state index contributed by atoms with van der Waals surface area (Å²) in [5, 5.41) is 12.2. The van der Waals surface area contributed by atoms with Crippen LogP contribution in [0.3, 0.4) is 0 Å². The second-order valence-electron chi connectivity index (χ2n) is 10.1. The fraction of sp³-hybridized carbons (Fsp3) is 0.194. The van der Waals surface area contributed by atoms with Gasteiger partial charge in [0.1, 0.15) is 17.0 Å². The molecule has 5 heterocycles. The molecular weight excluding hydrogens is 564 g/mol. The fourth-order valence-corrected chi connectivity index (χ4v) is 5.95. The summed E-state index contributed by atoms with van der Waals surface area (Å²) in [7, 11) is 0. The lowest BCUT2D eigenvalue weighted by atomic mass is 10.1. The number of aryl methyl sites for hydroxylation is 2. The Bertz CT molecular complexity index is 1900. The maximum Gasteiger partial charge on any atom is 0.261 e. The van der Waals surface area contributed by atoms with Gasteiger partial charge in [-0.05, 0) is 56.3 Å². The van der Waals surface area contributed by atoms with Gasteiger partial charge in [0.25, 0.3) is 5.91 Å². The molecule has 0 unspecified atom stereocenters. The summed E-state index contributed by atoms with van der Waals surface area (Å²) in [5.74, 6) is 0.682. The molecule has 11 nitrogen and oxygen atoms in total. The largest absolute Gasteiger partial charge is 0.378 e. The summed E-state index contributed by atoms with van der Waals surface area (Å²) in [6.07, 6.45) is 3.72. The number of imidazole rings is 1. The van der Waals surface area contributed by atoms with E-state index in [0.717, 1.165) is 59.6 Å². The SMILES string of the molecule is Cc1noc(C)c1C(=O)Nc1cccc(-c2nc3sccn3c2-c2ccnc(Nc3ccc(N4CCOCC4)cc3)n2)c1. The Morgan fingerprint density at radius 1 is 1.00 bits per heavy atom. The molecule has 2 aromatic carbocycles. The second kappa shape index (κ2) is 11.3. The van der Waals surface area contributed by atoms with Gasteiger partial charge in [-0.1, -0.05) is 17.3 Å². The van der Waals surface area contributed by atoms with Crippen molar-refractivity contribution < 1.29 is 14.1 Å². The van der Waals surface area contributed by atoms with Crippen molar-refractivity contribution >= 4 is 45.2 Å². The van der Waals surface area contributed by atoms with Gasteiger partial charge in [0.15, 0.2) is 4.96 Å². The van der Waals surface area contributed by atoms with Gasteiger partial charge in [-0.25, -0.2) is 15.0 Å². The van der Waals surface area contributed by atoms with E-state index in [0.29, 0.717) is 34.3 Å². The number of hydrogen-bond donors (Lipinski definition) is 2. The molecule has 0 atom stereocenters. The number of carbonyl (C=O) groups excluding carboxylic acids is 1. The molecule has 1 amide bonds. The lowest BCUT2D eigenvalue weighted by Crippen LogP contribution is -2.36. The Balaban J connectivity index is 1.18. The van der Waals surface area contributed by atoms with E-state index >= 15 is 0 Å². The molecule has 12 heteroatoms. The zero-order valence-corrected chi connectivity index (χ0v) is 24.4. The van der Waals surface area contributed by atoms with Gasteiger partial charge in [0.05, 0.1) is 30.3 Å². The van der Waals surface area contributed by atoms with E-state index in [1.807, 2.05) is 58.4 Å². The summed E-state index contributed by atoms with van der Waals surface area (Å²) >= 11 is 1.54. The number of fused-ring (bicyclic) bond motifs is 1. The van der Waals surface area contributed by atoms with Crippen molar-refractivity contribution in [1.82, 2.24) is 24.5 Å². The van der Waals surface area contributed by atoms with Crippen LogP contribution in [0.15, 0.2) is 76.9 Å². The normalized spacial score (nSPS) is 13.4. The van der Waals surface area contributed by atoms with E-state index < -0.39 is 0 Å². The van der Waals surface area contributed by atoms with Crippen molar-refractivity contribution in [2.24, 2.45) is 0 Å². The summed E-state index contributed by atoms with van der Waals surface area (Å²) in [6.45, 7) is 6.74. The number of aromatic nitrogens is 5. The molecule has 216 valence electrons. The average Bonchev–Trinajstić information content (AvgIpc) is 3.72. The first-order chi connectivity index (χ1) is 21.0. The molecule has 1 saturated heterocycles. The monoisotopic (exact) mass is 592 g/mol. The Morgan fingerprint density at radius 2 is 1.84 bits per heavy atom. The summed E-state index contributed by atoms with van der Waals surface area (Å²) in [5.41, 5.74) is 6.81. The Labute approximate surface area is 251 Å². The first-order valence-electron chi connectivity index (χ1n) is 13.9. The number of benzene rings is 2. The molecule has 0 radical (unpaired) electrons. The topological polar surface area (TPSA) is 123 Å². The standard InChI is InChI=1S/C31H28N8O3S/c1-19-26(20(2)42-37-19)29(40)33-23-5-3-4-21(18-23)27-28(39-14-17-43-31(39)36-27)25-10-11-32-30(35-25)34-22-6-8-24(9-7-22)38-12-15-41-16-13-38/h3-11,14,17-18H,12-13,15-16H2,1-2H3,(H,33,40)(H,32,34,35). The van der Waals surface area contributed by atoms with Gasteiger partial charge in [0, 0.05) is 53.5 Å². The number of rotatable bonds is 7. The zero-order valence-electron chi connectivity index (χ0n) is 23.6. The van der Waals surface area contributed by atoms with Crippen LogP contribution in [0.2, 0.25) is 0 Å². The predicted molar refractivity (Wildman–Crippen MR) is 166 cm³/mol. The minimum Gasteiger partial charge on any atom is -0.378 e. The van der Waals surface area contributed by atoms with Crippen molar-refractivity contribution in [3.8, 4) is 22.6 Å². The molecule has 7 rings (SSSR count). The van der Waals surface area contributed by atoms with Gasteiger partial charge in [-0.2, -0.15) is 0 Å². The molecule has 4 aromatic heterocycles. The number of carbonyl (C=O) groups is 1. The maximum absolute atomic E-state index is 13.0. The molecule has 1 aliphatic heterocycles. The average molecular weight is 593 g/mol. The Hall–Kier alpha value is -5.07. The van der Waals surface area contributed by atoms with Gasteiger partial charge < -0.3 is 24.8 Å². The fourth-order valence-electron chi connectivity index (χ4n) is 5.23. The zero-order chi connectivity index (χ0) is 29.3. The minimum atomic E-state index is -0.274. The molecule has 0 saturated carbocycles. The molecule has 0 bridgehead atoms. The molecular formula is C31H28N8O3S. The summed E-state index contributed by atoms with van der Waals surface area (Å²) in [4.78, 5) is 30.4. The number of anilines is 4. The van der Waals surface area contributed by atoms with Crippen LogP contribution in [0.5, 0.6) is 0 Å².